The van der Waals surface area contributed by atoms with E-state index in [9.17, 15) is 0 Å². The van der Waals surface area contributed by atoms with E-state index in [2.05, 4.69) is 104 Å². The highest BCUT2D eigenvalue weighted by atomic mass is 15.0. The van der Waals surface area contributed by atoms with Crippen LogP contribution in [0.15, 0.2) is 84.9 Å². The predicted molar refractivity (Wildman–Crippen MR) is 105 cm³/mol. The highest BCUT2D eigenvalue weighted by Crippen LogP contribution is 2.42. The van der Waals surface area contributed by atoms with Crippen LogP contribution in [0.2, 0.25) is 0 Å². The largest absolute Gasteiger partial charge is 0.302 e. The van der Waals surface area contributed by atoms with E-state index in [0.29, 0.717) is 17.9 Å². The molecule has 0 aliphatic carbocycles. The van der Waals surface area contributed by atoms with Crippen molar-refractivity contribution < 1.29 is 0 Å². The number of nitrogens with one attached hydrogen (secondary N) is 1. The molecular weight excluding hydrogens is 302 g/mol. The first-order valence-corrected chi connectivity index (χ1v) is 9.20. The van der Waals surface area contributed by atoms with Crippen LogP contribution in [-0.2, 0) is 0 Å². The van der Waals surface area contributed by atoms with E-state index in [1.54, 1.807) is 0 Å². The predicted octanol–water partition coefficient (Wildman–Crippen LogP) is 5.54. The van der Waals surface area contributed by atoms with Crippen molar-refractivity contribution in [3.63, 3.8) is 0 Å². The molecule has 0 amide bonds. The van der Waals surface area contributed by atoms with Crippen LogP contribution in [-0.4, -0.2) is 6.04 Å². The Kier molecular flexibility index (Phi) is 4.42. The Bertz CT molecular complexity index is 823. The fraction of sp³-hybridized carbons (Fsp3) is 0.250. The molecule has 0 radical (unpaired) electrons. The molecule has 3 aromatic rings. The van der Waals surface area contributed by atoms with Gasteiger partial charge in [0, 0.05) is 12.0 Å². The van der Waals surface area contributed by atoms with Crippen molar-refractivity contribution >= 4 is 0 Å². The average Bonchev–Trinajstić information content (AvgIpc) is 2.68. The van der Waals surface area contributed by atoms with Crippen LogP contribution in [0.5, 0.6) is 0 Å². The molecule has 1 aliphatic heterocycles. The lowest BCUT2D eigenvalue weighted by Gasteiger charge is -2.42. The minimum atomic E-state index is 0.254. The summed E-state index contributed by atoms with van der Waals surface area (Å²) in [7, 11) is 0. The second kappa shape index (κ2) is 6.85. The smallest absolute Gasteiger partial charge is 0.0582 e. The van der Waals surface area contributed by atoms with Crippen LogP contribution in [0.25, 0.3) is 0 Å². The SMILES string of the molecule is CC(C)[C@@H]1N[C@@H](c2ccccc2)c2ccccc2[C@H]1c1ccccc1. The summed E-state index contributed by atoms with van der Waals surface area (Å²) >= 11 is 0. The summed E-state index contributed by atoms with van der Waals surface area (Å²) in [6.45, 7) is 4.65. The van der Waals surface area contributed by atoms with E-state index < -0.39 is 0 Å². The van der Waals surface area contributed by atoms with Gasteiger partial charge in [0.05, 0.1) is 6.04 Å². The van der Waals surface area contributed by atoms with Crippen molar-refractivity contribution in [1.82, 2.24) is 5.32 Å². The quantitative estimate of drug-likeness (QED) is 0.666. The van der Waals surface area contributed by atoms with Crippen molar-refractivity contribution in [2.24, 2.45) is 5.92 Å². The lowest BCUT2D eigenvalue weighted by atomic mass is 9.73. The molecule has 0 fully saturated rings. The molecule has 1 aliphatic rings. The lowest BCUT2D eigenvalue weighted by molar-refractivity contribution is 0.322. The third-order valence-corrected chi connectivity index (χ3v) is 5.37. The van der Waals surface area contributed by atoms with E-state index in [1.807, 2.05) is 0 Å². The van der Waals surface area contributed by atoms with E-state index in [1.165, 1.54) is 22.3 Å². The second-order valence-electron chi connectivity index (χ2n) is 7.30. The Morgan fingerprint density at radius 3 is 1.76 bits per heavy atom. The number of hydrogen-bond donors (Lipinski definition) is 1. The Balaban J connectivity index is 1.87. The minimum Gasteiger partial charge on any atom is -0.302 e. The summed E-state index contributed by atoms with van der Waals surface area (Å²) in [6, 6.07) is 31.4. The summed E-state index contributed by atoms with van der Waals surface area (Å²) in [6.07, 6.45) is 0. The number of fused-ring (bicyclic) bond motifs is 1. The monoisotopic (exact) mass is 327 g/mol. The minimum absolute atomic E-state index is 0.254. The molecule has 0 spiro atoms. The lowest BCUT2D eigenvalue weighted by Crippen LogP contribution is -2.46. The summed E-state index contributed by atoms with van der Waals surface area (Å²) < 4.78 is 0. The van der Waals surface area contributed by atoms with Crippen molar-refractivity contribution in [1.29, 1.82) is 0 Å². The number of benzene rings is 3. The molecule has 0 bridgehead atoms. The fourth-order valence-corrected chi connectivity index (χ4v) is 4.17. The van der Waals surface area contributed by atoms with Crippen molar-refractivity contribution in [3.05, 3.63) is 107 Å². The molecule has 0 saturated heterocycles. The van der Waals surface area contributed by atoms with Gasteiger partial charge < -0.3 is 5.32 Å². The molecule has 1 heteroatoms. The normalized spacial score (nSPS) is 22.6. The molecule has 126 valence electrons. The van der Waals surface area contributed by atoms with Gasteiger partial charge in [-0.05, 0) is 28.2 Å². The van der Waals surface area contributed by atoms with E-state index in [0.717, 1.165) is 0 Å². The van der Waals surface area contributed by atoms with E-state index in [4.69, 9.17) is 0 Å². The average molecular weight is 327 g/mol. The molecule has 0 unspecified atom stereocenters. The van der Waals surface area contributed by atoms with Gasteiger partial charge in [-0.25, -0.2) is 0 Å². The van der Waals surface area contributed by atoms with Crippen LogP contribution < -0.4 is 5.32 Å². The van der Waals surface area contributed by atoms with Crippen LogP contribution in [0, 0.1) is 5.92 Å². The molecule has 0 saturated carbocycles. The highest BCUT2D eigenvalue weighted by Gasteiger charge is 2.37. The zero-order chi connectivity index (χ0) is 17.2. The van der Waals surface area contributed by atoms with Gasteiger partial charge in [-0.15, -0.1) is 0 Å². The molecule has 3 atom stereocenters. The molecule has 25 heavy (non-hydrogen) atoms. The van der Waals surface area contributed by atoms with Crippen molar-refractivity contribution in [3.8, 4) is 0 Å². The first kappa shape index (κ1) is 16.1. The maximum absolute atomic E-state index is 3.97. The molecule has 1 heterocycles. The second-order valence-corrected chi connectivity index (χ2v) is 7.30. The van der Waals surface area contributed by atoms with Crippen molar-refractivity contribution in [2.45, 2.75) is 31.8 Å². The first-order valence-electron chi connectivity index (χ1n) is 9.20. The summed E-state index contributed by atoms with van der Waals surface area (Å²) in [4.78, 5) is 0. The Hall–Kier alpha value is -2.38. The van der Waals surface area contributed by atoms with E-state index in [-0.39, 0.29) is 6.04 Å². The number of rotatable bonds is 3. The van der Waals surface area contributed by atoms with Crippen LogP contribution in [0.3, 0.4) is 0 Å². The Morgan fingerprint density at radius 1 is 0.640 bits per heavy atom. The van der Waals surface area contributed by atoms with Crippen LogP contribution in [0.1, 0.15) is 48.1 Å². The highest BCUT2D eigenvalue weighted by molar-refractivity contribution is 5.47. The van der Waals surface area contributed by atoms with Gasteiger partial charge in [-0.2, -0.15) is 0 Å². The molecule has 1 nitrogen and oxygen atoms in total. The van der Waals surface area contributed by atoms with Gasteiger partial charge in [0.1, 0.15) is 0 Å². The zero-order valence-corrected chi connectivity index (χ0v) is 14.9. The van der Waals surface area contributed by atoms with Crippen molar-refractivity contribution in [2.75, 3.05) is 0 Å². The molecule has 1 N–H and O–H groups in total. The Labute approximate surface area is 150 Å². The molecular formula is C24H25N. The van der Waals surface area contributed by atoms with Crippen LogP contribution in [0.4, 0.5) is 0 Å². The summed E-state index contributed by atoms with van der Waals surface area (Å²) in [5.41, 5.74) is 5.60. The topological polar surface area (TPSA) is 12.0 Å². The van der Waals surface area contributed by atoms with Gasteiger partial charge in [0.25, 0.3) is 0 Å². The molecule has 3 aromatic carbocycles. The molecule has 0 aromatic heterocycles. The zero-order valence-electron chi connectivity index (χ0n) is 14.9. The summed E-state index contributed by atoms with van der Waals surface area (Å²) in [5, 5.41) is 3.97. The van der Waals surface area contributed by atoms with E-state index >= 15 is 0 Å². The summed E-state index contributed by atoms with van der Waals surface area (Å²) in [5.74, 6) is 0.933. The van der Waals surface area contributed by atoms with Gasteiger partial charge in [-0.1, -0.05) is 98.8 Å². The third-order valence-electron chi connectivity index (χ3n) is 5.37. The standard InChI is InChI=1S/C24H25N/c1-17(2)23-22(18-11-5-3-6-12-18)20-15-9-10-16-21(20)24(25-23)19-13-7-4-8-14-19/h3-17,22-25H,1-2H3/t22-,23+,24+/m1/s1. The van der Waals surface area contributed by atoms with Gasteiger partial charge >= 0.3 is 0 Å². The first-order chi connectivity index (χ1) is 12.3. The maximum atomic E-state index is 3.97. The Morgan fingerprint density at radius 2 is 1.16 bits per heavy atom. The van der Waals surface area contributed by atoms with Crippen LogP contribution >= 0.6 is 0 Å². The maximum Gasteiger partial charge on any atom is 0.0582 e. The number of hydrogen-bond acceptors (Lipinski definition) is 1. The fourth-order valence-electron chi connectivity index (χ4n) is 4.17. The van der Waals surface area contributed by atoms with Gasteiger partial charge in [-0.3, -0.25) is 0 Å². The van der Waals surface area contributed by atoms with Gasteiger partial charge in [0.2, 0.25) is 0 Å². The molecule has 4 rings (SSSR count). The third kappa shape index (κ3) is 3.01. The van der Waals surface area contributed by atoms with Gasteiger partial charge in [0.15, 0.2) is 0 Å².